The molecule has 4 N–H and O–H groups in total. The second kappa shape index (κ2) is 12.8. The number of nitrogens with one attached hydrogen (secondary N) is 2. The minimum Gasteiger partial charge on any atom is -0.382 e. The lowest BCUT2D eigenvalue weighted by Crippen LogP contribution is -2.52. The highest BCUT2D eigenvalue weighted by molar-refractivity contribution is 7.98. The Morgan fingerprint density at radius 2 is 1.89 bits per heavy atom. The van der Waals surface area contributed by atoms with Crippen molar-refractivity contribution < 1.29 is 9.59 Å². The summed E-state index contributed by atoms with van der Waals surface area (Å²) < 4.78 is 0. The largest absolute Gasteiger partial charge is 0.382 e. The van der Waals surface area contributed by atoms with Crippen LogP contribution in [0.3, 0.4) is 0 Å². The van der Waals surface area contributed by atoms with Crippen LogP contribution >= 0.6 is 23.1 Å². The Morgan fingerprint density at radius 3 is 2.58 bits per heavy atom. The molecule has 2 amide bonds. The Labute approximate surface area is 229 Å². The zero-order valence-corrected chi connectivity index (χ0v) is 22.9. The zero-order valence-electron chi connectivity index (χ0n) is 21.2. The van der Waals surface area contributed by atoms with E-state index in [1.54, 1.807) is 24.3 Å². The number of aryl methyl sites for hydroxylation is 1. The predicted molar refractivity (Wildman–Crippen MR) is 148 cm³/mol. The van der Waals surface area contributed by atoms with E-state index in [0.29, 0.717) is 40.7 Å². The van der Waals surface area contributed by atoms with Crippen LogP contribution in [0.25, 0.3) is 11.3 Å². The van der Waals surface area contributed by atoms with Crippen LogP contribution in [0.15, 0.2) is 34.8 Å². The number of hydrogen-bond acceptors (Lipinski definition) is 11. The summed E-state index contributed by atoms with van der Waals surface area (Å²) in [5, 5.41) is 17.6. The molecule has 1 aliphatic rings. The molecule has 0 bridgehead atoms. The van der Waals surface area contributed by atoms with E-state index in [1.807, 2.05) is 10.4 Å². The van der Waals surface area contributed by atoms with Crippen molar-refractivity contribution in [3.8, 4) is 17.3 Å². The lowest BCUT2D eigenvalue weighted by Gasteiger charge is -2.32. The third-order valence-corrected chi connectivity index (χ3v) is 7.65. The van der Waals surface area contributed by atoms with Crippen molar-refractivity contribution in [3.63, 3.8) is 0 Å². The number of nitrogens with zero attached hydrogens (tertiary/aromatic N) is 6. The molecule has 0 atom stereocenters. The maximum Gasteiger partial charge on any atom is 0.234 e. The van der Waals surface area contributed by atoms with Crippen LogP contribution in [0.2, 0.25) is 0 Å². The number of thiazole rings is 1. The van der Waals surface area contributed by atoms with Gasteiger partial charge in [0.1, 0.15) is 17.5 Å². The minimum absolute atomic E-state index is 0.000210. The summed E-state index contributed by atoms with van der Waals surface area (Å²) in [6.07, 6.45) is 0.958. The van der Waals surface area contributed by atoms with E-state index in [0.717, 1.165) is 36.9 Å². The van der Waals surface area contributed by atoms with Crippen molar-refractivity contribution in [2.75, 3.05) is 44.3 Å². The smallest absolute Gasteiger partial charge is 0.234 e. The molecule has 2 aromatic heterocycles. The number of hydrazine groups is 1. The number of thioether (sulfide) groups is 1. The number of benzene rings is 1. The highest BCUT2D eigenvalue weighted by atomic mass is 32.2. The van der Waals surface area contributed by atoms with Gasteiger partial charge in [-0.05, 0) is 19.2 Å². The second-order valence-electron chi connectivity index (χ2n) is 8.83. The van der Waals surface area contributed by atoms with Gasteiger partial charge in [-0.25, -0.2) is 20.0 Å². The van der Waals surface area contributed by atoms with Gasteiger partial charge < -0.3 is 16.0 Å². The fourth-order valence-electron chi connectivity index (χ4n) is 3.79. The fraction of sp³-hybridized carbons (Fsp3) is 0.360. The van der Waals surface area contributed by atoms with Gasteiger partial charge in [-0.3, -0.25) is 15.0 Å². The first-order valence-electron chi connectivity index (χ1n) is 12.1. The summed E-state index contributed by atoms with van der Waals surface area (Å²) in [5.74, 6) is 0.464. The number of nitrogens with two attached hydrogens (primary N) is 1. The molecule has 0 saturated carbocycles. The van der Waals surface area contributed by atoms with Crippen molar-refractivity contribution in [2.45, 2.75) is 30.7 Å². The Bertz CT molecular complexity index is 1330. The first kappa shape index (κ1) is 27.5. The number of piperazine rings is 1. The molecule has 1 fully saturated rings. The Morgan fingerprint density at radius 1 is 1.16 bits per heavy atom. The summed E-state index contributed by atoms with van der Waals surface area (Å²) in [5.41, 5.74) is 11.9. The number of nitriles is 1. The number of carbonyl (C=O) groups is 2. The number of nitrogen functional groups attached to an aromatic ring is 1. The molecule has 198 valence electrons. The normalized spacial score (nSPS) is 14.1. The van der Waals surface area contributed by atoms with Crippen LogP contribution in [0, 0.1) is 11.3 Å². The van der Waals surface area contributed by atoms with E-state index in [9.17, 15) is 14.9 Å². The van der Waals surface area contributed by atoms with Gasteiger partial charge in [0, 0.05) is 68.3 Å². The number of likely N-dealkylation sites (N-methyl/N-ethyl adjacent to an activating group) is 1. The Hall–Kier alpha value is -3.57. The molecule has 1 aliphatic heterocycles. The first-order chi connectivity index (χ1) is 18.3. The molecular weight excluding hydrogens is 522 g/mol. The third kappa shape index (κ3) is 7.48. The number of hydrogen-bond donors (Lipinski definition) is 3. The van der Waals surface area contributed by atoms with Gasteiger partial charge in [0.05, 0.1) is 16.4 Å². The average molecular weight is 552 g/mol. The quantitative estimate of drug-likeness (QED) is 0.267. The molecule has 38 heavy (non-hydrogen) atoms. The monoisotopic (exact) mass is 551 g/mol. The molecule has 0 aliphatic carbocycles. The lowest BCUT2D eigenvalue weighted by molar-refractivity contribution is -0.126. The molecule has 0 unspecified atom stereocenters. The summed E-state index contributed by atoms with van der Waals surface area (Å²) in [4.78, 5) is 39.4. The molecule has 3 aromatic rings. The van der Waals surface area contributed by atoms with Gasteiger partial charge in [0.2, 0.25) is 11.8 Å². The van der Waals surface area contributed by atoms with E-state index in [2.05, 4.69) is 43.7 Å². The molecule has 0 radical (unpaired) electrons. The van der Waals surface area contributed by atoms with Gasteiger partial charge in [0.25, 0.3) is 0 Å². The SMILES string of the molecule is CC(=O)Nc1ccc(-c2nc(SCc3csc(CCC(=O)NN4CCN(C)CC4)n3)nc(N)c2C#N)cc1. The van der Waals surface area contributed by atoms with Gasteiger partial charge in [-0.15, -0.1) is 11.3 Å². The number of anilines is 2. The fourth-order valence-corrected chi connectivity index (χ4v) is 5.44. The minimum atomic E-state index is -0.167. The van der Waals surface area contributed by atoms with Crippen molar-refractivity contribution in [1.82, 2.24) is 30.3 Å². The van der Waals surface area contributed by atoms with Crippen LogP contribution in [0.5, 0.6) is 0 Å². The summed E-state index contributed by atoms with van der Waals surface area (Å²) >= 11 is 2.90. The van der Waals surface area contributed by atoms with Crippen LogP contribution in [0.4, 0.5) is 11.5 Å². The van der Waals surface area contributed by atoms with E-state index < -0.39 is 0 Å². The molecular formula is C25H29N9O2S2. The van der Waals surface area contributed by atoms with Gasteiger partial charge >= 0.3 is 0 Å². The van der Waals surface area contributed by atoms with Crippen LogP contribution < -0.4 is 16.5 Å². The standard InChI is InChI=1S/C25H29N9O2S2/c1-16(35)28-18-5-3-17(4-6-18)23-20(13-26)24(27)31-25(30-23)38-15-19-14-37-22(29-19)8-7-21(36)32-34-11-9-33(2)10-12-34/h3-6,14H,7-12,15H2,1-2H3,(H,28,35)(H,32,36)(H2,27,30,31). The molecule has 3 heterocycles. The van der Waals surface area contributed by atoms with Crippen molar-refractivity contribution in [1.29, 1.82) is 5.26 Å². The number of aromatic nitrogens is 3. The van der Waals surface area contributed by atoms with E-state index in [-0.39, 0.29) is 23.2 Å². The van der Waals surface area contributed by atoms with Crippen LogP contribution in [0.1, 0.15) is 29.6 Å². The zero-order chi connectivity index (χ0) is 27.1. The van der Waals surface area contributed by atoms with Gasteiger partial charge in [-0.2, -0.15) is 5.26 Å². The second-order valence-corrected chi connectivity index (χ2v) is 10.7. The molecule has 13 heteroatoms. The van der Waals surface area contributed by atoms with Gasteiger partial charge in [-0.1, -0.05) is 23.9 Å². The van der Waals surface area contributed by atoms with E-state index in [1.165, 1.54) is 30.0 Å². The lowest BCUT2D eigenvalue weighted by atomic mass is 10.1. The summed E-state index contributed by atoms with van der Waals surface area (Å²) in [6, 6.07) is 9.11. The molecule has 1 aromatic carbocycles. The summed E-state index contributed by atoms with van der Waals surface area (Å²) in [6.45, 7) is 4.97. The van der Waals surface area contributed by atoms with Gasteiger partial charge in [0.15, 0.2) is 5.16 Å². The van der Waals surface area contributed by atoms with E-state index >= 15 is 0 Å². The third-order valence-electron chi connectivity index (χ3n) is 5.81. The molecule has 4 rings (SSSR count). The average Bonchev–Trinajstić information content (AvgIpc) is 3.35. The maximum absolute atomic E-state index is 12.3. The van der Waals surface area contributed by atoms with E-state index in [4.69, 9.17) is 5.73 Å². The van der Waals surface area contributed by atoms with Crippen LogP contribution in [-0.2, 0) is 21.8 Å². The highest BCUT2D eigenvalue weighted by Crippen LogP contribution is 2.30. The Balaban J connectivity index is 1.35. The highest BCUT2D eigenvalue weighted by Gasteiger charge is 2.17. The topological polar surface area (TPSA) is 153 Å². The molecule has 11 nitrogen and oxygen atoms in total. The molecule has 1 saturated heterocycles. The van der Waals surface area contributed by atoms with Crippen molar-refractivity contribution in [3.05, 3.63) is 45.9 Å². The first-order valence-corrected chi connectivity index (χ1v) is 13.9. The number of amides is 2. The maximum atomic E-state index is 12.3. The van der Waals surface area contributed by atoms with Crippen molar-refractivity contribution in [2.24, 2.45) is 0 Å². The molecule has 0 spiro atoms. The summed E-state index contributed by atoms with van der Waals surface area (Å²) in [7, 11) is 2.08. The van der Waals surface area contributed by atoms with Crippen molar-refractivity contribution >= 4 is 46.4 Å². The number of rotatable bonds is 9. The Kier molecular flexibility index (Phi) is 9.24. The predicted octanol–water partition coefficient (Wildman–Crippen LogP) is 2.52. The number of carbonyl (C=O) groups excluding carboxylic acids is 2. The van der Waals surface area contributed by atoms with Crippen LogP contribution in [-0.4, -0.2) is 69.9 Å².